The maximum atomic E-state index is 3.90. The standard InChI is InChI=1S/C16H30N2/c1-3-15-10-17-16(8-4-5-9-16)12-18(15)11-13(2)14-6-7-14/h13-15,17H,3-12H2,1-2H3. The van der Waals surface area contributed by atoms with E-state index >= 15 is 0 Å². The van der Waals surface area contributed by atoms with E-state index in [2.05, 4.69) is 24.1 Å². The van der Waals surface area contributed by atoms with Crippen LogP contribution in [-0.4, -0.2) is 36.1 Å². The van der Waals surface area contributed by atoms with Crippen molar-refractivity contribution >= 4 is 0 Å². The number of piperazine rings is 1. The quantitative estimate of drug-likeness (QED) is 0.825. The molecule has 1 aliphatic heterocycles. The largest absolute Gasteiger partial charge is 0.308 e. The second kappa shape index (κ2) is 5.13. The first-order valence-electron chi connectivity index (χ1n) is 8.21. The van der Waals surface area contributed by atoms with Crippen molar-refractivity contribution in [2.45, 2.75) is 70.4 Å². The molecule has 3 aliphatic rings. The average Bonchev–Trinajstić information content (AvgIpc) is 3.13. The summed E-state index contributed by atoms with van der Waals surface area (Å²) in [5.41, 5.74) is 0.495. The van der Waals surface area contributed by atoms with Gasteiger partial charge in [-0.1, -0.05) is 26.7 Å². The Hall–Kier alpha value is -0.0800. The van der Waals surface area contributed by atoms with Crippen LogP contribution in [0.3, 0.4) is 0 Å². The predicted molar refractivity (Wildman–Crippen MR) is 76.7 cm³/mol. The molecular weight excluding hydrogens is 220 g/mol. The van der Waals surface area contributed by atoms with Gasteiger partial charge in [0.05, 0.1) is 0 Å². The zero-order valence-corrected chi connectivity index (χ0v) is 12.3. The lowest BCUT2D eigenvalue weighted by Gasteiger charge is -2.47. The van der Waals surface area contributed by atoms with Crippen LogP contribution in [0.2, 0.25) is 0 Å². The van der Waals surface area contributed by atoms with E-state index in [0.29, 0.717) is 5.54 Å². The van der Waals surface area contributed by atoms with Crippen LogP contribution in [-0.2, 0) is 0 Å². The summed E-state index contributed by atoms with van der Waals surface area (Å²) < 4.78 is 0. The summed E-state index contributed by atoms with van der Waals surface area (Å²) in [5, 5.41) is 3.90. The summed E-state index contributed by atoms with van der Waals surface area (Å²) in [6.45, 7) is 8.74. The fraction of sp³-hybridized carbons (Fsp3) is 1.00. The highest BCUT2D eigenvalue weighted by Crippen LogP contribution is 2.39. The molecule has 2 aliphatic carbocycles. The van der Waals surface area contributed by atoms with Crippen LogP contribution in [0.1, 0.15) is 58.8 Å². The molecule has 2 nitrogen and oxygen atoms in total. The fourth-order valence-electron chi connectivity index (χ4n) is 4.22. The third-order valence-electron chi connectivity index (χ3n) is 5.72. The SMILES string of the molecule is CCC1CNC2(CCCC2)CN1CC(C)C1CC1. The first-order chi connectivity index (χ1) is 8.72. The first kappa shape index (κ1) is 12.9. The van der Waals surface area contributed by atoms with Crippen LogP contribution in [0.5, 0.6) is 0 Å². The van der Waals surface area contributed by atoms with Gasteiger partial charge in [0.2, 0.25) is 0 Å². The molecule has 104 valence electrons. The molecule has 1 spiro atoms. The van der Waals surface area contributed by atoms with E-state index in [1.165, 1.54) is 64.6 Å². The molecule has 0 bridgehead atoms. The summed E-state index contributed by atoms with van der Waals surface area (Å²) >= 11 is 0. The Morgan fingerprint density at radius 1 is 1.28 bits per heavy atom. The Morgan fingerprint density at radius 3 is 2.61 bits per heavy atom. The van der Waals surface area contributed by atoms with E-state index in [4.69, 9.17) is 0 Å². The van der Waals surface area contributed by atoms with Gasteiger partial charge in [0.25, 0.3) is 0 Å². The zero-order valence-electron chi connectivity index (χ0n) is 12.3. The molecular formula is C16H30N2. The number of nitrogens with zero attached hydrogens (tertiary/aromatic N) is 1. The predicted octanol–water partition coefficient (Wildman–Crippen LogP) is 3.03. The van der Waals surface area contributed by atoms with Crippen LogP contribution in [0.15, 0.2) is 0 Å². The number of hydrogen-bond donors (Lipinski definition) is 1. The van der Waals surface area contributed by atoms with Gasteiger partial charge in [-0.05, 0) is 43.9 Å². The molecule has 0 radical (unpaired) electrons. The van der Waals surface area contributed by atoms with Crippen LogP contribution in [0, 0.1) is 11.8 Å². The topological polar surface area (TPSA) is 15.3 Å². The second-order valence-corrected chi connectivity index (χ2v) is 7.17. The third kappa shape index (κ3) is 2.60. The molecule has 2 heteroatoms. The maximum Gasteiger partial charge on any atom is 0.0309 e. The van der Waals surface area contributed by atoms with Gasteiger partial charge in [-0.15, -0.1) is 0 Å². The van der Waals surface area contributed by atoms with E-state index in [0.717, 1.165) is 17.9 Å². The Bertz CT molecular complexity index is 279. The second-order valence-electron chi connectivity index (χ2n) is 7.17. The van der Waals surface area contributed by atoms with E-state index in [1.807, 2.05) is 0 Å². The van der Waals surface area contributed by atoms with E-state index in [1.54, 1.807) is 0 Å². The van der Waals surface area contributed by atoms with Crippen molar-refractivity contribution in [3.05, 3.63) is 0 Å². The average molecular weight is 250 g/mol. The van der Waals surface area contributed by atoms with E-state index < -0.39 is 0 Å². The van der Waals surface area contributed by atoms with Gasteiger partial charge in [-0.25, -0.2) is 0 Å². The zero-order chi connectivity index (χ0) is 12.6. The molecule has 2 unspecified atom stereocenters. The van der Waals surface area contributed by atoms with Gasteiger partial charge in [0.15, 0.2) is 0 Å². The van der Waals surface area contributed by atoms with Crippen molar-refractivity contribution in [1.82, 2.24) is 10.2 Å². The van der Waals surface area contributed by atoms with Gasteiger partial charge < -0.3 is 5.32 Å². The normalized spacial score (nSPS) is 34.0. The van der Waals surface area contributed by atoms with Gasteiger partial charge >= 0.3 is 0 Å². The van der Waals surface area contributed by atoms with Crippen LogP contribution < -0.4 is 5.32 Å². The molecule has 0 aromatic rings. The molecule has 3 fully saturated rings. The minimum atomic E-state index is 0.495. The molecule has 0 aromatic heterocycles. The number of rotatable bonds is 4. The van der Waals surface area contributed by atoms with Crippen LogP contribution in [0.4, 0.5) is 0 Å². The minimum absolute atomic E-state index is 0.495. The molecule has 2 saturated carbocycles. The molecule has 3 rings (SSSR count). The Morgan fingerprint density at radius 2 is 2.00 bits per heavy atom. The van der Waals surface area contributed by atoms with Crippen molar-refractivity contribution in [3.8, 4) is 0 Å². The summed E-state index contributed by atoms with van der Waals surface area (Å²) in [4.78, 5) is 2.84. The first-order valence-corrected chi connectivity index (χ1v) is 8.21. The molecule has 0 amide bonds. The summed E-state index contributed by atoms with van der Waals surface area (Å²) in [6.07, 6.45) is 10.0. The molecule has 1 N–H and O–H groups in total. The Balaban J connectivity index is 1.63. The van der Waals surface area contributed by atoms with Crippen molar-refractivity contribution in [3.63, 3.8) is 0 Å². The van der Waals surface area contributed by atoms with Gasteiger partial charge in [-0.3, -0.25) is 4.90 Å². The number of nitrogens with one attached hydrogen (secondary N) is 1. The summed E-state index contributed by atoms with van der Waals surface area (Å²) in [6, 6.07) is 0.789. The molecule has 1 saturated heterocycles. The monoisotopic (exact) mass is 250 g/mol. The lowest BCUT2D eigenvalue weighted by molar-refractivity contribution is 0.0633. The molecule has 0 aromatic carbocycles. The van der Waals surface area contributed by atoms with E-state index in [-0.39, 0.29) is 0 Å². The van der Waals surface area contributed by atoms with Crippen LogP contribution >= 0.6 is 0 Å². The maximum absolute atomic E-state index is 3.90. The van der Waals surface area contributed by atoms with Gasteiger partial charge in [-0.2, -0.15) is 0 Å². The minimum Gasteiger partial charge on any atom is -0.308 e. The van der Waals surface area contributed by atoms with E-state index in [9.17, 15) is 0 Å². The molecule has 1 heterocycles. The third-order valence-corrected chi connectivity index (χ3v) is 5.72. The molecule has 18 heavy (non-hydrogen) atoms. The number of hydrogen-bond acceptors (Lipinski definition) is 2. The highest BCUT2D eigenvalue weighted by molar-refractivity contribution is 5.01. The highest BCUT2D eigenvalue weighted by atomic mass is 15.3. The van der Waals surface area contributed by atoms with Gasteiger partial charge in [0, 0.05) is 31.2 Å². The smallest absolute Gasteiger partial charge is 0.0309 e. The van der Waals surface area contributed by atoms with Gasteiger partial charge in [0.1, 0.15) is 0 Å². The van der Waals surface area contributed by atoms with Crippen molar-refractivity contribution in [2.75, 3.05) is 19.6 Å². The van der Waals surface area contributed by atoms with Crippen molar-refractivity contribution < 1.29 is 0 Å². The van der Waals surface area contributed by atoms with Crippen molar-refractivity contribution in [2.24, 2.45) is 11.8 Å². The Labute approximate surface area is 113 Å². The van der Waals surface area contributed by atoms with Crippen molar-refractivity contribution in [1.29, 1.82) is 0 Å². The summed E-state index contributed by atoms with van der Waals surface area (Å²) in [5.74, 6) is 1.98. The Kier molecular flexibility index (Phi) is 3.68. The fourth-order valence-corrected chi connectivity index (χ4v) is 4.22. The lowest BCUT2D eigenvalue weighted by atomic mass is 9.90. The van der Waals surface area contributed by atoms with Crippen LogP contribution in [0.25, 0.3) is 0 Å². The highest BCUT2D eigenvalue weighted by Gasteiger charge is 2.41. The lowest BCUT2D eigenvalue weighted by Crippen LogP contribution is -2.63. The molecule has 2 atom stereocenters. The summed E-state index contributed by atoms with van der Waals surface area (Å²) in [7, 11) is 0.